The van der Waals surface area contributed by atoms with Crippen molar-refractivity contribution in [2.75, 3.05) is 37.2 Å². The van der Waals surface area contributed by atoms with Gasteiger partial charge in [0.25, 0.3) is 0 Å². The van der Waals surface area contributed by atoms with Crippen LogP contribution >= 0.6 is 11.8 Å². The fraction of sp³-hybridized carbons (Fsp3) is 0.600. The summed E-state index contributed by atoms with van der Waals surface area (Å²) < 4.78 is 27.5. The van der Waals surface area contributed by atoms with E-state index in [0.29, 0.717) is 5.75 Å². The van der Waals surface area contributed by atoms with Crippen molar-refractivity contribution in [3.05, 3.63) is 29.8 Å². The third-order valence-corrected chi connectivity index (χ3v) is 5.31. The predicted octanol–water partition coefficient (Wildman–Crippen LogP) is 2.51. The lowest BCUT2D eigenvalue weighted by Gasteiger charge is -2.19. The maximum Gasteiger partial charge on any atom is 0.148 e. The molecule has 6 heteroatoms. The zero-order valence-electron chi connectivity index (χ0n) is 13.0. The Bertz CT molecular complexity index is 500. The molecular weight excluding hydrogens is 306 g/mol. The van der Waals surface area contributed by atoms with Crippen molar-refractivity contribution in [3.63, 3.8) is 0 Å². The van der Waals surface area contributed by atoms with Crippen LogP contribution in [0.2, 0.25) is 0 Å². The molecule has 0 aromatic heterocycles. The van der Waals surface area contributed by atoms with Gasteiger partial charge in [-0.3, -0.25) is 0 Å². The molecule has 0 bridgehead atoms. The molecule has 0 fully saturated rings. The molecule has 0 aliphatic carbocycles. The number of nitrogens with one attached hydrogen (secondary N) is 1. The number of ether oxygens (including phenoxy) is 1. The summed E-state index contributed by atoms with van der Waals surface area (Å²) in [5.74, 6) is 2.58. The highest BCUT2D eigenvalue weighted by molar-refractivity contribution is 8.00. The van der Waals surface area contributed by atoms with Crippen molar-refractivity contribution in [1.29, 1.82) is 0 Å². The van der Waals surface area contributed by atoms with E-state index in [1.54, 1.807) is 18.9 Å². The van der Waals surface area contributed by atoms with Crippen LogP contribution in [0.4, 0.5) is 0 Å². The van der Waals surface area contributed by atoms with Crippen LogP contribution in [-0.2, 0) is 9.84 Å². The molecule has 1 rings (SSSR count). The molecule has 0 aliphatic rings. The second-order valence-corrected chi connectivity index (χ2v) is 8.39. The Kier molecular flexibility index (Phi) is 8.14. The maximum atomic E-state index is 11.1. The van der Waals surface area contributed by atoms with Gasteiger partial charge in [-0.05, 0) is 30.7 Å². The lowest BCUT2D eigenvalue weighted by atomic mass is 10.1. The number of methoxy groups -OCH3 is 1. The van der Waals surface area contributed by atoms with Crippen LogP contribution in [-0.4, -0.2) is 45.6 Å². The quantitative estimate of drug-likeness (QED) is 0.668. The zero-order chi connectivity index (χ0) is 15.7. The fourth-order valence-electron chi connectivity index (χ4n) is 1.84. The number of rotatable bonds is 10. The third kappa shape index (κ3) is 7.74. The first-order chi connectivity index (χ1) is 9.96. The molecule has 0 aliphatic heterocycles. The van der Waals surface area contributed by atoms with Gasteiger partial charge in [0.1, 0.15) is 15.6 Å². The minimum Gasteiger partial charge on any atom is -0.497 e. The first-order valence-electron chi connectivity index (χ1n) is 7.09. The van der Waals surface area contributed by atoms with E-state index in [9.17, 15) is 8.42 Å². The van der Waals surface area contributed by atoms with Crippen molar-refractivity contribution in [3.8, 4) is 5.75 Å². The first-order valence-corrected chi connectivity index (χ1v) is 10.3. The van der Waals surface area contributed by atoms with E-state index < -0.39 is 9.84 Å². The van der Waals surface area contributed by atoms with Crippen LogP contribution in [0.5, 0.6) is 5.75 Å². The largest absolute Gasteiger partial charge is 0.497 e. The smallest absolute Gasteiger partial charge is 0.148 e. The predicted molar refractivity (Wildman–Crippen MR) is 91.1 cm³/mol. The van der Waals surface area contributed by atoms with Gasteiger partial charge < -0.3 is 10.1 Å². The maximum absolute atomic E-state index is 11.1. The second kappa shape index (κ2) is 9.33. The molecule has 120 valence electrons. The molecule has 0 spiro atoms. The Balaban J connectivity index is 2.57. The van der Waals surface area contributed by atoms with Gasteiger partial charge in [0.05, 0.1) is 12.9 Å². The average molecular weight is 332 g/mol. The van der Waals surface area contributed by atoms with Crippen LogP contribution in [0.1, 0.15) is 24.9 Å². The molecular formula is C15H25NO3S2. The number of hydrogen-bond donors (Lipinski definition) is 1. The van der Waals surface area contributed by atoms with Gasteiger partial charge in [0.2, 0.25) is 0 Å². The van der Waals surface area contributed by atoms with E-state index in [1.807, 2.05) is 12.1 Å². The van der Waals surface area contributed by atoms with Gasteiger partial charge in [-0.2, -0.15) is 11.8 Å². The van der Waals surface area contributed by atoms with E-state index in [1.165, 1.54) is 11.8 Å². The molecule has 0 saturated heterocycles. The van der Waals surface area contributed by atoms with Crippen molar-refractivity contribution in [2.45, 2.75) is 19.4 Å². The summed E-state index contributed by atoms with van der Waals surface area (Å²) >= 11 is 1.67. The van der Waals surface area contributed by atoms with Gasteiger partial charge in [-0.25, -0.2) is 8.42 Å². The van der Waals surface area contributed by atoms with E-state index in [4.69, 9.17) is 4.74 Å². The molecule has 1 atom stereocenters. The topological polar surface area (TPSA) is 55.4 Å². The standard InChI is InChI=1S/C15H25NO3S2/c1-4-9-16-15(12-20-10-11-21(3,17)18)13-5-7-14(19-2)8-6-13/h5-8,15-16H,4,9-12H2,1-3H3. The van der Waals surface area contributed by atoms with Crippen molar-refractivity contribution < 1.29 is 13.2 Å². The van der Waals surface area contributed by atoms with Gasteiger partial charge in [-0.15, -0.1) is 0 Å². The van der Waals surface area contributed by atoms with Crippen LogP contribution in [0.3, 0.4) is 0 Å². The van der Waals surface area contributed by atoms with Crippen LogP contribution in [0.25, 0.3) is 0 Å². The minimum atomic E-state index is -2.87. The van der Waals surface area contributed by atoms with Gasteiger partial charge in [0.15, 0.2) is 0 Å². The van der Waals surface area contributed by atoms with E-state index in [2.05, 4.69) is 24.4 Å². The van der Waals surface area contributed by atoms with Gasteiger partial charge >= 0.3 is 0 Å². The summed E-state index contributed by atoms with van der Waals surface area (Å²) in [6.07, 6.45) is 2.35. The Labute approximate surface area is 132 Å². The SMILES string of the molecule is CCCNC(CSCCS(C)(=O)=O)c1ccc(OC)cc1. The molecule has 0 heterocycles. The van der Waals surface area contributed by atoms with Crippen LogP contribution in [0.15, 0.2) is 24.3 Å². The van der Waals surface area contributed by atoms with E-state index >= 15 is 0 Å². The Morgan fingerprint density at radius 2 is 1.95 bits per heavy atom. The monoisotopic (exact) mass is 331 g/mol. The number of thioether (sulfide) groups is 1. The molecule has 1 aromatic rings. The second-order valence-electron chi connectivity index (χ2n) is 4.98. The Morgan fingerprint density at radius 1 is 1.29 bits per heavy atom. The highest BCUT2D eigenvalue weighted by Gasteiger charge is 2.11. The average Bonchev–Trinajstić information content (AvgIpc) is 2.45. The number of hydrogen-bond acceptors (Lipinski definition) is 5. The summed E-state index contributed by atoms with van der Waals surface area (Å²) in [6.45, 7) is 3.08. The summed E-state index contributed by atoms with van der Waals surface area (Å²) in [4.78, 5) is 0. The lowest BCUT2D eigenvalue weighted by Crippen LogP contribution is -2.24. The summed E-state index contributed by atoms with van der Waals surface area (Å²) in [5, 5.41) is 3.51. The Morgan fingerprint density at radius 3 is 2.48 bits per heavy atom. The third-order valence-electron chi connectivity index (χ3n) is 3.04. The minimum absolute atomic E-state index is 0.236. The molecule has 1 N–H and O–H groups in total. The van der Waals surface area contributed by atoms with Gasteiger partial charge in [-0.1, -0.05) is 19.1 Å². The lowest BCUT2D eigenvalue weighted by molar-refractivity contribution is 0.414. The zero-order valence-corrected chi connectivity index (χ0v) is 14.6. The molecule has 1 aromatic carbocycles. The number of sulfone groups is 1. The molecule has 21 heavy (non-hydrogen) atoms. The molecule has 0 radical (unpaired) electrons. The molecule has 1 unspecified atom stereocenters. The van der Waals surface area contributed by atoms with Crippen molar-refractivity contribution in [2.24, 2.45) is 0 Å². The van der Waals surface area contributed by atoms with Crippen molar-refractivity contribution in [1.82, 2.24) is 5.32 Å². The summed E-state index contributed by atoms with van der Waals surface area (Å²) in [5.41, 5.74) is 1.20. The first kappa shape index (κ1) is 18.3. The van der Waals surface area contributed by atoms with Crippen LogP contribution < -0.4 is 10.1 Å². The number of benzene rings is 1. The highest BCUT2D eigenvalue weighted by atomic mass is 32.2. The summed E-state index contributed by atoms with van der Waals surface area (Å²) in [6, 6.07) is 8.27. The molecule has 4 nitrogen and oxygen atoms in total. The van der Waals surface area contributed by atoms with Crippen LogP contribution in [0, 0.1) is 0 Å². The van der Waals surface area contributed by atoms with Gasteiger partial charge in [0, 0.05) is 23.8 Å². The fourth-order valence-corrected chi connectivity index (χ4v) is 4.23. The molecule has 0 saturated carbocycles. The summed E-state index contributed by atoms with van der Waals surface area (Å²) in [7, 11) is -1.21. The van der Waals surface area contributed by atoms with Crippen molar-refractivity contribution >= 4 is 21.6 Å². The van der Waals surface area contributed by atoms with E-state index in [0.717, 1.165) is 24.5 Å². The normalized spacial score (nSPS) is 13.1. The Hall–Kier alpha value is -0.720. The molecule has 0 amide bonds. The highest BCUT2D eigenvalue weighted by Crippen LogP contribution is 2.21. The van der Waals surface area contributed by atoms with E-state index in [-0.39, 0.29) is 11.8 Å².